The Morgan fingerprint density at radius 3 is 2.50 bits per heavy atom. The van der Waals surface area contributed by atoms with Crippen molar-refractivity contribution < 1.29 is 13.2 Å². The van der Waals surface area contributed by atoms with Gasteiger partial charge in [-0.2, -0.15) is 0 Å². The molecule has 0 saturated carbocycles. The Labute approximate surface area is 168 Å². The van der Waals surface area contributed by atoms with Crippen LogP contribution < -0.4 is 10.5 Å². The van der Waals surface area contributed by atoms with E-state index < -0.39 is 10.0 Å². The highest BCUT2D eigenvalue weighted by Crippen LogP contribution is 2.39. The van der Waals surface area contributed by atoms with E-state index in [1.807, 2.05) is 12.1 Å². The van der Waals surface area contributed by atoms with Crippen molar-refractivity contribution in [2.45, 2.75) is 24.2 Å². The summed E-state index contributed by atoms with van der Waals surface area (Å²) in [6.07, 6.45) is 2.59. The van der Waals surface area contributed by atoms with Gasteiger partial charge in [-0.05, 0) is 59.7 Å². The smallest absolute Gasteiger partial charge is 0.261 e. The highest BCUT2D eigenvalue weighted by Gasteiger charge is 2.21. The number of aryl methyl sites for hydroxylation is 2. The monoisotopic (exact) mass is 412 g/mol. The molecule has 1 aliphatic rings. The number of benzene rings is 2. The van der Waals surface area contributed by atoms with E-state index in [2.05, 4.69) is 23.5 Å². The first-order chi connectivity index (χ1) is 13.4. The van der Waals surface area contributed by atoms with E-state index in [-0.39, 0.29) is 10.8 Å². The minimum Gasteiger partial charge on any atom is -0.351 e. The minimum absolute atomic E-state index is 0.0713. The first kappa shape index (κ1) is 18.9. The van der Waals surface area contributed by atoms with Crippen molar-refractivity contribution in [3.63, 3.8) is 0 Å². The van der Waals surface area contributed by atoms with Crippen LogP contribution in [0.2, 0.25) is 0 Å². The summed E-state index contributed by atoms with van der Waals surface area (Å²) in [5.74, 6) is -0.0713. The lowest BCUT2D eigenvalue weighted by Gasteiger charge is -2.15. The van der Waals surface area contributed by atoms with Gasteiger partial charge in [0.2, 0.25) is 10.0 Å². The van der Waals surface area contributed by atoms with Gasteiger partial charge in [0.1, 0.15) is 0 Å². The van der Waals surface area contributed by atoms with E-state index in [0.717, 1.165) is 23.3 Å². The van der Waals surface area contributed by atoms with Gasteiger partial charge in [0.15, 0.2) is 0 Å². The van der Waals surface area contributed by atoms with Gasteiger partial charge in [-0.25, -0.2) is 13.6 Å². The van der Waals surface area contributed by atoms with Gasteiger partial charge in [0.25, 0.3) is 5.91 Å². The Morgan fingerprint density at radius 2 is 1.75 bits per heavy atom. The molecule has 0 unspecified atom stereocenters. The van der Waals surface area contributed by atoms with Crippen LogP contribution in [0.3, 0.4) is 0 Å². The fourth-order valence-electron chi connectivity index (χ4n) is 3.44. The zero-order valence-corrected chi connectivity index (χ0v) is 16.8. The molecule has 0 bridgehead atoms. The minimum atomic E-state index is -3.68. The summed E-state index contributed by atoms with van der Waals surface area (Å²) in [5, 5.41) is 8.05. The molecule has 0 saturated heterocycles. The summed E-state index contributed by atoms with van der Waals surface area (Å²) in [6, 6.07) is 16.8. The molecule has 3 N–H and O–H groups in total. The third-order valence-electron chi connectivity index (χ3n) is 4.91. The van der Waals surface area contributed by atoms with Crippen LogP contribution in [0.4, 0.5) is 0 Å². The summed E-state index contributed by atoms with van der Waals surface area (Å²) >= 11 is 1.54. The largest absolute Gasteiger partial charge is 0.351 e. The molecule has 0 radical (unpaired) electrons. The maximum atomic E-state index is 12.6. The second-order valence-electron chi connectivity index (χ2n) is 6.82. The molecule has 5 nitrogen and oxygen atoms in total. The molecule has 2 aromatic carbocycles. The molecule has 0 fully saturated rings. The Hall–Kier alpha value is -2.48. The summed E-state index contributed by atoms with van der Waals surface area (Å²) in [7, 11) is -3.68. The van der Waals surface area contributed by atoms with Gasteiger partial charge in [-0.3, -0.25) is 4.79 Å². The molecular weight excluding hydrogens is 392 g/mol. The molecule has 1 amide bonds. The highest BCUT2D eigenvalue weighted by atomic mass is 32.2. The average Bonchev–Trinajstić information content (AvgIpc) is 3.13. The average molecular weight is 413 g/mol. The highest BCUT2D eigenvalue weighted by molar-refractivity contribution is 7.89. The van der Waals surface area contributed by atoms with Crippen LogP contribution in [-0.4, -0.2) is 20.9 Å². The second-order valence-corrected chi connectivity index (χ2v) is 9.43. The zero-order valence-electron chi connectivity index (χ0n) is 15.1. The third-order valence-corrected chi connectivity index (χ3v) is 7.05. The van der Waals surface area contributed by atoms with E-state index >= 15 is 0 Å². The number of nitrogens with one attached hydrogen (secondary N) is 1. The summed E-state index contributed by atoms with van der Waals surface area (Å²) < 4.78 is 22.6. The van der Waals surface area contributed by atoms with Crippen LogP contribution in [0.1, 0.15) is 26.4 Å². The molecule has 0 spiro atoms. The second kappa shape index (κ2) is 7.50. The predicted molar refractivity (Wildman–Crippen MR) is 111 cm³/mol. The molecule has 1 heterocycles. The topological polar surface area (TPSA) is 89.3 Å². The lowest BCUT2D eigenvalue weighted by molar-refractivity contribution is 0.0958. The fraction of sp³-hybridized carbons (Fsp3) is 0.190. The van der Waals surface area contributed by atoms with Crippen LogP contribution in [0, 0.1) is 0 Å². The number of fused-ring (bicyclic) bond motifs is 3. The van der Waals surface area contributed by atoms with Gasteiger partial charge >= 0.3 is 0 Å². The van der Waals surface area contributed by atoms with Crippen LogP contribution in [0.5, 0.6) is 0 Å². The van der Waals surface area contributed by atoms with Crippen molar-refractivity contribution in [1.29, 1.82) is 0 Å². The van der Waals surface area contributed by atoms with Crippen molar-refractivity contribution in [2.24, 2.45) is 5.14 Å². The number of hydrogen-bond acceptors (Lipinski definition) is 4. The fourth-order valence-corrected chi connectivity index (χ4v) is 5.14. The van der Waals surface area contributed by atoms with E-state index in [4.69, 9.17) is 5.14 Å². The predicted octanol–water partition coefficient (Wildman–Crippen LogP) is 3.13. The van der Waals surface area contributed by atoms with Crippen molar-refractivity contribution in [2.75, 3.05) is 6.54 Å². The number of rotatable bonds is 5. The van der Waals surface area contributed by atoms with Crippen LogP contribution in [-0.2, 0) is 29.3 Å². The maximum absolute atomic E-state index is 12.6. The summed E-state index contributed by atoms with van der Waals surface area (Å²) in [4.78, 5) is 14.6. The summed E-state index contributed by atoms with van der Waals surface area (Å²) in [5.41, 5.74) is 4.76. The molecule has 0 atom stereocenters. The van der Waals surface area contributed by atoms with Crippen LogP contribution in [0.15, 0.2) is 59.5 Å². The number of amides is 1. The summed E-state index contributed by atoms with van der Waals surface area (Å²) in [6.45, 7) is 0.479. The molecule has 4 rings (SSSR count). The van der Waals surface area contributed by atoms with Crippen molar-refractivity contribution >= 4 is 27.3 Å². The van der Waals surface area contributed by atoms with E-state index in [1.165, 1.54) is 33.7 Å². The molecule has 7 heteroatoms. The normalized spacial score (nSPS) is 12.9. The Morgan fingerprint density at radius 1 is 1.04 bits per heavy atom. The van der Waals surface area contributed by atoms with Gasteiger partial charge < -0.3 is 5.32 Å². The number of carbonyl (C=O) groups is 1. The maximum Gasteiger partial charge on any atom is 0.261 e. The standard InChI is InChI=1S/C21H20N2O3S2/c22-28(25,26)17-9-5-14(6-10-17)11-12-23-21(24)19-13-16-8-7-15-3-1-2-4-18(15)20(16)27-19/h1-6,9-10,13H,7-8,11-12H2,(H,23,24)(H2,22,25,26). The number of hydrogen-bond donors (Lipinski definition) is 2. The van der Waals surface area contributed by atoms with Crippen molar-refractivity contribution in [3.8, 4) is 10.4 Å². The molecule has 28 heavy (non-hydrogen) atoms. The number of thiophene rings is 1. The van der Waals surface area contributed by atoms with Gasteiger partial charge in [0.05, 0.1) is 9.77 Å². The van der Waals surface area contributed by atoms with E-state index in [9.17, 15) is 13.2 Å². The first-order valence-corrected chi connectivity index (χ1v) is 11.4. The van der Waals surface area contributed by atoms with Crippen molar-refractivity contribution in [3.05, 3.63) is 76.2 Å². The SMILES string of the molecule is NS(=O)(=O)c1ccc(CCNC(=O)c2cc3c(s2)-c2ccccc2CC3)cc1. The first-order valence-electron chi connectivity index (χ1n) is 9.03. The Bertz CT molecular complexity index is 1130. The number of carbonyl (C=O) groups excluding carboxylic acids is 1. The molecule has 144 valence electrons. The zero-order chi connectivity index (χ0) is 19.7. The molecule has 0 aliphatic heterocycles. The molecule has 3 aromatic rings. The molecular formula is C21H20N2O3S2. The number of sulfonamides is 1. The van der Waals surface area contributed by atoms with Crippen LogP contribution in [0.25, 0.3) is 10.4 Å². The number of nitrogens with two attached hydrogens (primary N) is 1. The van der Waals surface area contributed by atoms with Gasteiger partial charge in [-0.1, -0.05) is 36.4 Å². The van der Waals surface area contributed by atoms with Gasteiger partial charge in [0, 0.05) is 11.4 Å². The van der Waals surface area contributed by atoms with Crippen LogP contribution >= 0.6 is 11.3 Å². The van der Waals surface area contributed by atoms with Crippen molar-refractivity contribution in [1.82, 2.24) is 5.32 Å². The third kappa shape index (κ3) is 3.87. The van der Waals surface area contributed by atoms with E-state index in [0.29, 0.717) is 13.0 Å². The number of primary sulfonamides is 1. The quantitative estimate of drug-likeness (QED) is 0.675. The Kier molecular flexibility index (Phi) is 5.05. The molecule has 1 aromatic heterocycles. The van der Waals surface area contributed by atoms with E-state index in [1.54, 1.807) is 23.5 Å². The lowest BCUT2D eigenvalue weighted by atomic mass is 9.91. The van der Waals surface area contributed by atoms with Gasteiger partial charge in [-0.15, -0.1) is 11.3 Å². The lowest BCUT2D eigenvalue weighted by Crippen LogP contribution is -2.24. The Balaban J connectivity index is 1.40. The molecule has 1 aliphatic carbocycles.